The Kier molecular flexibility index (Phi) is 7.48. The number of carbonyl (C=O) groups excluding carboxylic acids is 2. The van der Waals surface area contributed by atoms with Gasteiger partial charge in [0.2, 0.25) is 0 Å². The fourth-order valence-corrected chi connectivity index (χ4v) is 2.79. The van der Waals surface area contributed by atoms with Crippen molar-refractivity contribution in [2.75, 3.05) is 31.0 Å². The van der Waals surface area contributed by atoms with Crippen LogP contribution in [0.3, 0.4) is 0 Å². The molecule has 31 heavy (non-hydrogen) atoms. The van der Waals surface area contributed by atoms with Crippen LogP contribution in [0.2, 0.25) is 0 Å². The summed E-state index contributed by atoms with van der Waals surface area (Å²) in [4.78, 5) is 24.9. The lowest BCUT2D eigenvalue weighted by Crippen LogP contribution is -2.21. The van der Waals surface area contributed by atoms with Gasteiger partial charge in [-0.1, -0.05) is 12.1 Å². The molecule has 0 aliphatic carbocycles. The summed E-state index contributed by atoms with van der Waals surface area (Å²) in [7, 11) is 1.58. The number of nitrogens with one attached hydrogen (secondary N) is 2. The molecule has 7 nitrogen and oxygen atoms in total. The summed E-state index contributed by atoms with van der Waals surface area (Å²) in [5.74, 6) is 1.06. The standard InChI is InChI=1S/C24H24N2O5/c1-3-30-20-14-10-17(11-15-20)25-23(27)16-31-22-7-5-4-6-21(22)24(28)26-18-8-12-19(29-2)13-9-18/h4-15H,3,16H2,1-2H3,(H,25,27)(H,26,28). The first kappa shape index (κ1) is 21.7. The highest BCUT2D eigenvalue weighted by molar-refractivity contribution is 6.06. The molecule has 2 N–H and O–H groups in total. The number of anilines is 2. The first-order valence-electron chi connectivity index (χ1n) is 9.79. The van der Waals surface area contributed by atoms with Gasteiger partial charge in [-0.3, -0.25) is 9.59 Å². The van der Waals surface area contributed by atoms with E-state index >= 15 is 0 Å². The molecule has 3 rings (SSSR count). The molecule has 0 fully saturated rings. The summed E-state index contributed by atoms with van der Waals surface area (Å²) in [5.41, 5.74) is 1.57. The SMILES string of the molecule is CCOc1ccc(NC(=O)COc2ccccc2C(=O)Nc2ccc(OC)cc2)cc1. The third kappa shape index (κ3) is 6.24. The maximum Gasteiger partial charge on any atom is 0.262 e. The van der Waals surface area contributed by atoms with E-state index in [2.05, 4.69) is 10.6 Å². The number of carbonyl (C=O) groups is 2. The minimum Gasteiger partial charge on any atom is -0.497 e. The van der Waals surface area contributed by atoms with Gasteiger partial charge in [-0.2, -0.15) is 0 Å². The van der Waals surface area contributed by atoms with Crippen LogP contribution < -0.4 is 24.8 Å². The number of ether oxygens (including phenoxy) is 3. The van der Waals surface area contributed by atoms with Gasteiger partial charge in [0.05, 0.1) is 19.3 Å². The van der Waals surface area contributed by atoms with E-state index in [1.807, 2.05) is 6.92 Å². The molecule has 0 saturated heterocycles. The molecular formula is C24H24N2O5. The van der Waals surface area contributed by atoms with Gasteiger partial charge in [0.1, 0.15) is 17.2 Å². The quantitative estimate of drug-likeness (QED) is 0.537. The van der Waals surface area contributed by atoms with Gasteiger partial charge in [-0.25, -0.2) is 0 Å². The van der Waals surface area contributed by atoms with Crippen molar-refractivity contribution in [2.45, 2.75) is 6.92 Å². The van der Waals surface area contributed by atoms with Crippen molar-refractivity contribution in [3.05, 3.63) is 78.4 Å². The molecule has 2 amide bonds. The fourth-order valence-electron chi connectivity index (χ4n) is 2.79. The maximum atomic E-state index is 12.7. The molecule has 0 radical (unpaired) electrons. The fraction of sp³-hybridized carbons (Fsp3) is 0.167. The number of rotatable bonds is 9. The molecular weight excluding hydrogens is 396 g/mol. The summed E-state index contributed by atoms with van der Waals surface area (Å²) in [6.45, 7) is 2.24. The molecule has 0 atom stereocenters. The number of para-hydroxylation sites is 1. The Bertz CT molecular complexity index is 1020. The monoisotopic (exact) mass is 420 g/mol. The first-order chi connectivity index (χ1) is 15.1. The summed E-state index contributed by atoms with van der Waals surface area (Å²) in [6, 6.07) is 20.8. The average molecular weight is 420 g/mol. The van der Waals surface area contributed by atoms with Gasteiger partial charge in [-0.05, 0) is 67.6 Å². The van der Waals surface area contributed by atoms with Crippen LogP contribution in [-0.2, 0) is 4.79 Å². The van der Waals surface area contributed by atoms with Gasteiger partial charge in [0.15, 0.2) is 6.61 Å². The van der Waals surface area contributed by atoms with Crippen LogP contribution in [0.15, 0.2) is 72.8 Å². The van der Waals surface area contributed by atoms with Crippen molar-refractivity contribution in [2.24, 2.45) is 0 Å². The van der Waals surface area contributed by atoms with Crippen molar-refractivity contribution >= 4 is 23.2 Å². The lowest BCUT2D eigenvalue weighted by Gasteiger charge is -2.12. The Hall–Kier alpha value is -4.00. The van der Waals surface area contributed by atoms with E-state index in [4.69, 9.17) is 14.2 Å². The lowest BCUT2D eigenvalue weighted by atomic mass is 10.2. The molecule has 0 heterocycles. The van der Waals surface area contributed by atoms with Gasteiger partial charge in [-0.15, -0.1) is 0 Å². The number of amides is 2. The number of hydrogen-bond donors (Lipinski definition) is 2. The van der Waals surface area contributed by atoms with Crippen LogP contribution in [0.1, 0.15) is 17.3 Å². The van der Waals surface area contributed by atoms with Crippen molar-refractivity contribution in [3.63, 3.8) is 0 Å². The van der Waals surface area contributed by atoms with Crippen LogP contribution in [-0.4, -0.2) is 32.1 Å². The highest BCUT2D eigenvalue weighted by Crippen LogP contribution is 2.21. The largest absolute Gasteiger partial charge is 0.497 e. The predicted octanol–water partition coefficient (Wildman–Crippen LogP) is 4.36. The normalized spacial score (nSPS) is 10.1. The van der Waals surface area contributed by atoms with Crippen molar-refractivity contribution in [1.82, 2.24) is 0 Å². The molecule has 7 heteroatoms. The zero-order valence-electron chi connectivity index (χ0n) is 17.4. The van der Waals surface area contributed by atoms with E-state index < -0.39 is 0 Å². The number of hydrogen-bond acceptors (Lipinski definition) is 5. The van der Waals surface area contributed by atoms with E-state index in [0.717, 1.165) is 5.75 Å². The van der Waals surface area contributed by atoms with E-state index in [-0.39, 0.29) is 18.4 Å². The Morgan fingerprint density at radius 1 is 0.774 bits per heavy atom. The van der Waals surface area contributed by atoms with E-state index in [9.17, 15) is 9.59 Å². The Morgan fingerprint density at radius 2 is 1.39 bits per heavy atom. The zero-order valence-corrected chi connectivity index (χ0v) is 17.4. The third-order valence-electron chi connectivity index (χ3n) is 4.29. The molecule has 0 bridgehead atoms. The molecule has 0 spiro atoms. The molecule has 0 aromatic heterocycles. The highest BCUT2D eigenvalue weighted by atomic mass is 16.5. The van der Waals surface area contributed by atoms with Gasteiger partial charge in [0, 0.05) is 11.4 Å². The number of methoxy groups -OCH3 is 1. The number of benzene rings is 3. The molecule has 0 unspecified atom stereocenters. The van der Waals surface area contributed by atoms with Gasteiger partial charge >= 0.3 is 0 Å². The smallest absolute Gasteiger partial charge is 0.262 e. The molecule has 0 aliphatic rings. The van der Waals surface area contributed by atoms with Gasteiger partial charge in [0.25, 0.3) is 11.8 Å². The maximum absolute atomic E-state index is 12.7. The average Bonchev–Trinajstić information content (AvgIpc) is 2.80. The van der Waals surface area contributed by atoms with Crippen LogP contribution >= 0.6 is 0 Å². The summed E-state index contributed by atoms with van der Waals surface area (Å²) >= 11 is 0. The van der Waals surface area contributed by atoms with Crippen molar-refractivity contribution in [3.8, 4) is 17.2 Å². The summed E-state index contributed by atoms with van der Waals surface area (Å²) in [6.07, 6.45) is 0. The van der Waals surface area contributed by atoms with Crippen LogP contribution in [0.5, 0.6) is 17.2 Å². The molecule has 3 aromatic carbocycles. The van der Waals surface area contributed by atoms with Crippen molar-refractivity contribution < 1.29 is 23.8 Å². The Labute approximate surface area is 180 Å². The minimum atomic E-state index is -0.340. The molecule has 0 saturated carbocycles. The van der Waals surface area contributed by atoms with Crippen molar-refractivity contribution in [1.29, 1.82) is 0 Å². The molecule has 160 valence electrons. The Balaban J connectivity index is 1.59. The van der Waals surface area contributed by atoms with Crippen LogP contribution in [0, 0.1) is 0 Å². The topological polar surface area (TPSA) is 85.9 Å². The second-order valence-electron chi connectivity index (χ2n) is 6.47. The zero-order chi connectivity index (χ0) is 22.1. The summed E-state index contributed by atoms with van der Waals surface area (Å²) in [5, 5.41) is 5.55. The highest BCUT2D eigenvalue weighted by Gasteiger charge is 2.14. The lowest BCUT2D eigenvalue weighted by molar-refractivity contribution is -0.118. The Morgan fingerprint density at radius 3 is 2.03 bits per heavy atom. The third-order valence-corrected chi connectivity index (χ3v) is 4.29. The minimum absolute atomic E-state index is 0.236. The van der Waals surface area contributed by atoms with E-state index in [0.29, 0.717) is 35.0 Å². The first-order valence-corrected chi connectivity index (χ1v) is 9.79. The van der Waals surface area contributed by atoms with E-state index in [1.54, 1.807) is 79.9 Å². The molecule has 3 aromatic rings. The summed E-state index contributed by atoms with van der Waals surface area (Å²) < 4.78 is 16.1. The van der Waals surface area contributed by atoms with Gasteiger partial charge < -0.3 is 24.8 Å². The second kappa shape index (κ2) is 10.7. The second-order valence-corrected chi connectivity index (χ2v) is 6.47. The predicted molar refractivity (Wildman–Crippen MR) is 119 cm³/mol. The van der Waals surface area contributed by atoms with Crippen LogP contribution in [0.25, 0.3) is 0 Å². The molecule has 0 aliphatic heterocycles. The van der Waals surface area contributed by atoms with E-state index in [1.165, 1.54) is 0 Å². The van der Waals surface area contributed by atoms with Crippen LogP contribution in [0.4, 0.5) is 11.4 Å².